The van der Waals surface area contributed by atoms with Crippen LogP contribution in [0.25, 0.3) is 0 Å². The zero-order valence-electron chi connectivity index (χ0n) is 12.8. The first-order chi connectivity index (χ1) is 9.53. The normalized spacial score (nSPS) is 14.0. The lowest BCUT2D eigenvalue weighted by Gasteiger charge is -2.22. The molecule has 0 fully saturated rings. The van der Waals surface area contributed by atoms with E-state index in [1.807, 2.05) is 0 Å². The van der Waals surface area contributed by atoms with Gasteiger partial charge in [0.25, 0.3) is 5.60 Å². The van der Waals surface area contributed by atoms with Crippen LogP contribution in [0.3, 0.4) is 0 Å². The fraction of sp³-hybridized carbons (Fsp3) is 0.769. The van der Waals surface area contributed by atoms with Gasteiger partial charge < -0.3 is 25.0 Å². The predicted molar refractivity (Wildman–Crippen MR) is 72.7 cm³/mol. The molecule has 0 saturated heterocycles. The van der Waals surface area contributed by atoms with Crippen molar-refractivity contribution in [3.05, 3.63) is 0 Å². The Morgan fingerprint density at radius 1 is 1.19 bits per heavy atom. The molecule has 0 aliphatic heterocycles. The number of carbonyl (C=O) groups excluding carboxylic acids is 2. The maximum atomic E-state index is 11.5. The maximum absolute atomic E-state index is 11.5. The highest BCUT2D eigenvalue weighted by atomic mass is 16.6. The Labute approximate surface area is 123 Å². The van der Waals surface area contributed by atoms with Crippen molar-refractivity contribution in [2.45, 2.75) is 51.7 Å². The van der Waals surface area contributed by atoms with E-state index in [9.17, 15) is 19.5 Å². The molecule has 8 heteroatoms. The smallest absolute Gasteiger partial charge is 0.407 e. The molecule has 0 rings (SSSR count). The van der Waals surface area contributed by atoms with Crippen molar-refractivity contribution >= 4 is 18.0 Å². The van der Waals surface area contributed by atoms with E-state index in [1.165, 1.54) is 6.92 Å². The third kappa shape index (κ3) is 6.94. The summed E-state index contributed by atoms with van der Waals surface area (Å²) in [6.07, 6.45) is -0.963. The lowest BCUT2D eigenvalue weighted by molar-refractivity contribution is -0.180. The highest BCUT2D eigenvalue weighted by Crippen LogP contribution is 2.15. The summed E-state index contributed by atoms with van der Waals surface area (Å²) in [6.45, 7) is 6.64. The van der Waals surface area contributed by atoms with E-state index < -0.39 is 29.2 Å². The molecule has 8 nitrogen and oxygen atoms in total. The third-order valence-corrected chi connectivity index (χ3v) is 2.35. The summed E-state index contributed by atoms with van der Waals surface area (Å²) in [5.41, 5.74) is -3.25. The van der Waals surface area contributed by atoms with Crippen LogP contribution in [0, 0.1) is 0 Å². The van der Waals surface area contributed by atoms with E-state index in [2.05, 4.69) is 10.1 Å². The van der Waals surface area contributed by atoms with Crippen LogP contribution >= 0.6 is 0 Å². The monoisotopic (exact) mass is 305 g/mol. The molecule has 122 valence electrons. The van der Waals surface area contributed by atoms with Gasteiger partial charge in [0.1, 0.15) is 5.60 Å². The quantitative estimate of drug-likeness (QED) is 0.359. The molecule has 0 aliphatic carbocycles. The third-order valence-electron chi connectivity index (χ3n) is 2.35. The number of hydrogen-bond donors (Lipinski definition) is 3. The second-order valence-electron chi connectivity index (χ2n) is 5.42. The van der Waals surface area contributed by atoms with Gasteiger partial charge in [-0.3, -0.25) is 0 Å². The number of amides is 1. The van der Waals surface area contributed by atoms with Gasteiger partial charge in [0.05, 0.1) is 6.61 Å². The Hall–Kier alpha value is -1.83. The van der Waals surface area contributed by atoms with Crippen LogP contribution in [0.5, 0.6) is 0 Å². The van der Waals surface area contributed by atoms with Crippen LogP contribution < -0.4 is 5.32 Å². The Balaban J connectivity index is 4.32. The molecule has 1 unspecified atom stereocenters. The molecule has 0 spiro atoms. The number of ether oxygens (including phenoxy) is 2. The van der Waals surface area contributed by atoms with Gasteiger partial charge in [-0.2, -0.15) is 0 Å². The molecule has 0 radical (unpaired) electrons. The molecule has 0 saturated carbocycles. The molecular formula is C13H23NO7. The van der Waals surface area contributed by atoms with Gasteiger partial charge in [-0.1, -0.05) is 0 Å². The lowest BCUT2D eigenvalue weighted by Crippen LogP contribution is -2.48. The zero-order chi connectivity index (χ0) is 16.7. The minimum atomic E-state index is -2.61. The molecule has 0 aromatic rings. The number of aliphatic carboxylic acids is 1. The number of carboxylic acids is 1. The van der Waals surface area contributed by atoms with Crippen molar-refractivity contribution in [1.82, 2.24) is 5.32 Å². The Morgan fingerprint density at radius 3 is 2.19 bits per heavy atom. The summed E-state index contributed by atoms with van der Waals surface area (Å²) < 4.78 is 9.51. The number of aliphatic hydroxyl groups is 1. The van der Waals surface area contributed by atoms with Crippen LogP contribution in [-0.2, 0) is 19.1 Å². The fourth-order valence-corrected chi connectivity index (χ4v) is 1.40. The fourth-order valence-electron chi connectivity index (χ4n) is 1.40. The Kier molecular flexibility index (Phi) is 7.14. The van der Waals surface area contributed by atoms with Gasteiger partial charge in [0, 0.05) is 6.54 Å². The topological polar surface area (TPSA) is 122 Å². The van der Waals surface area contributed by atoms with Crippen molar-refractivity contribution in [3.63, 3.8) is 0 Å². The number of rotatable bonds is 7. The molecule has 21 heavy (non-hydrogen) atoms. The molecule has 0 heterocycles. The predicted octanol–water partition coefficient (Wildman–Crippen LogP) is 0.670. The summed E-state index contributed by atoms with van der Waals surface area (Å²) in [4.78, 5) is 33.8. The van der Waals surface area contributed by atoms with Gasteiger partial charge in [-0.25, -0.2) is 14.4 Å². The minimum Gasteiger partial charge on any atom is -0.479 e. The van der Waals surface area contributed by atoms with E-state index in [0.29, 0.717) is 0 Å². The van der Waals surface area contributed by atoms with Crippen molar-refractivity contribution < 1.29 is 34.1 Å². The van der Waals surface area contributed by atoms with E-state index in [0.717, 1.165) is 0 Å². The van der Waals surface area contributed by atoms with Gasteiger partial charge in [-0.15, -0.1) is 0 Å². The molecule has 1 amide bonds. The van der Waals surface area contributed by atoms with E-state index >= 15 is 0 Å². The first-order valence-electron chi connectivity index (χ1n) is 6.62. The van der Waals surface area contributed by atoms with Crippen molar-refractivity contribution in [1.29, 1.82) is 0 Å². The Bertz CT molecular complexity index is 388. The number of esters is 1. The maximum Gasteiger partial charge on any atom is 0.407 e. The highest BCUT2D eigenvalue weighted by Gasteiger charge is 2.45. The standard InChI is InChI=1S/C13H23NO7/c1-5-20-10(17)13(19,9(15)16)7-6-8-14-11(18)21-12(2,3)4/h19H,5-8H2,1-4H3,(H,14,18)(H,15,16). The summed E-state index contributed by atoms with van der Waals surface area (Å²) >= 11 is 0. The van der Waals surface area contributed by atoms with E-state index in [1.54, 1.807) is 20.8 Å². The van der Waals surface area contributed by atoms with Crippen LogP contribution in [0.2, 0.25) is 0 Å². The van der Waals surface area contributed by atoms with Crippen molar-refractivity contribution in [2.24, 2.45) is 0 Å². The summed E-state index contributed by atoms with van der Waals surface area (Å²) in [5.74, 6) is -2.90. The first kappa shape index (κ1) is 19.2. The number of alkyl carbamates (subject to hydrolysis) is 1. The van der Waals surface area contributed by atoms with Gasteiger partial charge >= 0.3 is 18.0 Å². The Morgan fingerprint density at radius 2 is 1.76 bits per heavy atom. The summed E-state index contributed by atoms with van der Waals surface area (Å²) in [5, 5.41) is 21.2. The van der Waals surface area contributed by atoms with Crippen LogP contribution in [0.15, 0.2) is 0 Å². The molecule has 3 N–H and O–H groups in total. The largest absolute Gasteiger partial charge is 0.479 e. The average Bonchev–Trinajstić information content (AvgIpc) is 2.32. The zero-order valence-corrected chi connectivity index (χ0v) is 12.8. The number of carboxylic acid groups (broad SMARTS) is 1. The second-order valence-corrected chi connectivity index (χ2v) is 5.42. The first-order valence-corrected chi connectivity index (χ1v) is 6.62. The van der Waals surface area contributed by atoms with Crippen molar-refractivity contribution in [2.75, 3.05) is 13.2 Å². The van der Waals surface area contributed by atoms with Gasteiger partial charge in [0.2, 0.25) is 0 Å². The molecule has 1 atom stereocenters. The lowest BCUT2D eigenvalue weighted by atomic mass is 9.98. The summed E-state index contributed by atoms with van der Waals surface area (Å²) in [6, 6.07) is 0. The van der Waals surface area contributed by atoms with Crippen molar-refractivity contribution in [3.8, 4) is 0 Å². The highest BCUT2D eigenvalue weighted by molar-refractivity contribution is 6.02. The number of nitrogens with one attached hydrogen (secondary N) is 1. The minimum absolute atomic E-state index is 0.0371. The summed E-state index contributed by atoms with van der Waals surface area (Å²) in [7, 11) is 0. The average molecular weight is 305 g/mol. The van der Waals surface area contributed by atoms with E-state index in [4.69, 9.17) is 9.84 Å². The van der Waals surface area contributed by atoms with Crippen LogP contribution in [-0.4, -0.2) is 52.6 Å². The molecular weight excluding hydrogens is 282 g/mol. The van der Waals surface area contributed by atoms with Crippen LogP contribution in [0.1, 0.15) is 40.5 Å². The molecule has 0 aromatic heterocycles. The van der Waals surface area contributed by atoms with Gasteiger partial charge in [-0.05, 0) is 40.5 Å². The van der Waals surface area contributed by atoms with E-state index in [-0.39, 0.29) is 26.0 Å². The second kappa shape index (κ2) is 7.82. The number of hydrogen-bond acceptors (Lipinski definition) is 6. The number of carbonyl (C=O) groups is 3. The molecule has 0 aromatic carbocycles. The van der Waals surface area contributed by atoms with Gasteiger partial charge in [0.15, 0.2) is 0 Å². The SMILES string of the molecule is CCOC(=O)C(O)(CCCNC(=O)OC(C)(C)C)C(=O)O. The molecule has 0 aliphatic rings. The van der Waals surface area contributed by atoms with Crippen LogP contribution in [0.4, 0.5) is 4.79 Å². The molecule has 0 bridgehead atoms.